The Kier molecular flexibility index (Phi) is 3.86. The van der Waals surface area contributed by atoms with E-state index in [0.29, 0.717) is 29.3 Å². The first-order valence-corrected chi connectivity index (χ1v) is 5.78. The molecule has 100 valence electrons. The number of ether oxygens (including phenoxy) is 1. The number of aliphatic hydroxyl groups is 1. The second kappa shape index (κ2) is 5.57. The number of aryl methyl sites for hydroxylation is 1. The number of rotatable bonds is 4. The molecule has 2 heterocycles. The van der Waals surface area contributed by atoms with E-state index in [-0.39, 0.29) is 6.61 Å². The maximum absolute atomic E-state index is 11.5. The van der Waals surface area contributed by atoms with Gasteiger partial charge in [-0.05, 0) is 6.92 Å². The van der Waals surface area contributed by atoms with Crippen molar-refractivity contribution in [3.63, 3.8) is 0 Å². The van der Waals surface area contributed by atoms with Crippen LogP contribution in [-0.4, -0.2) is 37.4 Å². The van der Waals surface area contributed by atoms with Crippen molar-refractivity contribution >= 4 is 5.97 Å². The third-order valence-corrected chi connectivity index (χ3v) is 2.62. The molecule has 0 amide bonds. The lowest BCUT2D eigenvalue weighted by Gasteiger charge is -2.03. The molecule has 7 heteroatoms. The highest BCUT2D eigenvalue weighted by Crippen LogP contribution is 2.19. The predicted molar refractivity (Wildman–Crippen MR) is 66.1 cm³/mol. The van der Waals surface area contributed by atoms with Crippen LogP contribution in [0.2, 0.25) is 0 Å². The summed E-state index contributed by atoms with van der Waals surface area (Å²) in [4.78, 5) is 19.7. The molecular weight excluding hydrogens is 248 g/mol. The third-order valence-electron chi connectivity index (χ3n) is 2.62. The van der Waals surface area contributed by atoms with Gasteiger partial charge in [-0.2, -0.15) is 5.10 Å². The molecule has 0 aliphatic carbocycles. The molecule has 0 atom stereocenters. The fraction of sp³-hybridized carbons (Fsp3) is 0.333. The van der Waals surface area contributed by atoms with Gasteiger partial charge >= 0.3 is 5.97 Å². The fourth-order valence-electron chi connectivity index (χ4n) is 1.62. The molecule has 0 aliphatic rings. The number of carbonyl (C=O) groups is 1. The SMILES string of the molecule is CCOC(=O)c1cnc(-c2cnn(C)c2CO)nc1. The van der Waals surface area contributed by atoms with E-state index in [2.05, 4.69) is 15.1 Å². The second-order valence-corrected chi connectivity index (χ2v) is 3.80. The highest BCUT2D eigenvalue weighted by molar-refractivity contribution is 5.88. The summed E-state index contributed by atoms with van der Waals surface area (Å²) >= 11 is 0. The standard InChI is InChI=1S/C12H14N4O3/c1-3-19-12(18)8-4-13-11(14-5-8)9-6-15-16(2)10(9)7-17/h4-6,17H,3,7H2,1-2H3. The van der Waals surface area contributed by atoms with Gasteiger partial charge in [0.1, 0.15) is 0 Å². The lowest BCUT2D eigenvalue weighted by atomic mass is 10.2. The molecule has 1 N–H and O–H groups in total. The van der Waals surface area contributed by atoms with Crippen molar-refractivity contribution in [2.24, 2.45) is 7.05 Å². The number of aromatic nitrogens is 4. The van der Waals surface area contributed by atoms with Crippen LogP contribution in [0.1, 0.15) is 23.0 Å². The highest BCUT2D eigenvalue weighted by atomic mass is 16.5. The average molecular weight is 262 g/mol. The molecule has 0 spiro atoms. The van der Waals surface area contributed by atoms with Gasteiger partial charge in [0.25, 0.3) is 0 Å². The van der Waals surface area contributed by atoms with Crippen LogP contribution in [0.25, 0.3) is 11.4 Å². The van der Waals surface area contributed by atoms with Crippen LogP contribution in [0.4, 0.5) is 0 Å². The molecule has 0 saturated carbocycles. The van der Waals surface area contributed by atoms with Crippen molar-refractivity contribution in [2.75, 3.05) is 6.61 Å². The summed E-state index contributed by atoms with van der Waals surface area (Å²) in [5, 5.41) is 13.3. The van der Waals surface area contributed by atoms with Gasteiger partial charge in [0.05, 0.1) is 36.2 Å². The first kappa shape index (κ1) is 13.2. The first-order valence-electron chi connectivity index (χ1n) is 5.78. The summed E-state index contributed by atoms with van der Waals surface area (Å²) in [6.07, 6.45) is 4.37. The van der Waals surface area contributed by atoms with Crippen LogP contribution in [-0.2, 0) is 18.4 Å². The molecule has 19 heavy (non-hydrogen) atoms. The van der Waals surface area contributed by atoms with Crippen molar-refractivity contribution in [1.82, 2.24) is 19.7 Å². The van der Waals surface area contributed by atoms with Crippen molar-refractivity contribution in [3.8, 4) is 11.4 Å². The Hall–Kier alpha value is -2.28. The van der Waals surface area contributed by atoms with Crippen LogP contribution >= 0.6 is 0 Å². The quantitative estimate of drug-likeness (QED) is 0.809. The van der Waals surface area contributed by atoms with E-state index in [0.717, 1.165) is 0 Å². The highest BCUT2D eigenvalue weighted by Gasteiger charge is 2.13. The van der Waals surface area contributed by atoms with E-state index < -0.39 is 5.97 Å². The topological polar surface area (TPSA) is 90.1 Å². The van der Waals surface area contributed by atoms with Gasteiger partial charge in [0, 0.05) is 19.4 Å². The minimum atomic E-state index is -0.456. The normalized spacial score (nSPS) is 10.5. The van der Waals surface area contributed by atoms with E-state index in [4.69, 9.17) is 4.74 Å². The van der Waals surface area contributed by atoms with Crippen molar-refractivity contribution in [2.45, 2.75) is 13.5 Å². The van der Waals surface area contributed by atoms with Crippen LogP contribution in [0.3, 0.4) is 0 Å². The lowest BCUT2D eigenvalue weighted by Crippen LogP contribution is -2.06. The molecule has 0 unspecified atom stereocenters. The number of hydrogen-bond donors (Lipinski definition) is 1. The Morgan fingerprint density at radius 1 is 1.37 bits per heavy atom. The fourth-order valence-corrected chi connectivity index (χ4v) is 1.62. The van der Waals surface area contributed by atoms with Crippen LogP contribution in [0.5, 0.6) is 0 Å². The Balaban J connectivity index is 2.30. The van der Waals surface area contributed by atoms with E-state index >= 15 is 0 Å². The summed E-state index contributed by atoms with van der Waals surface area (Å²) in [7, 11) is 1.72. The lowest BCUT2D eigenvalue weighted by molar-refractivity contribution is 0.0525. The van der Waals surface area contributed by atoms with E-state index in [1.807, 2.05) is 0 Å². The van der Waals surface area contributed by atoms with Crippen molar-refractivity contribution in [1.29, 1.82) is 0 Å². The summed E-state index contributed by atoms with van der Waals surface area (Å²) in [5.74, 6) is -0.0483. The summed E-state index contributed by atoms with van der Waals surface area (Å²) < 4.78 is 6.40. The van der Waals surface area contributed by atoms with Gasteiger partial charge in [-0.1, -0.05) is 0 Å². The second-order valence-electron chi connectivity index (χ2n) is 3.80. The van der Waals surface area contributed by atoms with Crippen LogP contribution in [0.15, 0.2) is 18.6 Å². The molecule has 0 radical (unpaired) electrons. The maximum atomic E-state index is 11.5. The maximum Gasteiger partial charge on any atom is 0.341 e. The predicted octanol–water partition coefficient (Wildman–Crippen LogP) is 0.546. The number of esters is 1. The van der Waals surface area contributed by atoms with Crippen molar-refractivity contribution < 1.29 is 14.6 Å². The van der Waals surface area contributed by atoms with Crippen LogP contribution in [0, 0.1) is 0 Å². The molecule has 7 nitrogen and oxygen atoms in total. The Morgan fingerprint density at radius 2 is 2.05 bits per heavy atom. The van der Waals surface area contributed by atoms with Gasteiger partial charge < -0.3 is 9.84 Å². The molecule has 0 bridgehead atoms. The zero-order chi connectivity index (χ0) is 13.8. The number of nitrogens with zero attached hydrogens (tertiary/aromatic N) is 4. The summed E-state index contributed by atoms with van der Waals surface area (Å²) in [6.45, 7) is 1.88. The van der Waals surface area contributed by atoms with Gasteiger partial charge in [-0.3, -0.25) is 4.68 Å². The first-order chi connectivity index (χ1) is 9.17. The average Bonchev–Trinajstić information content (AvgIpc) is 2.80. The number of aliphatic hydroxyl groups excluding tert-OH is 1. The molecular formula is C12H14N4O3. The van der Waals surface area contributed by atoms with E-state index in [9.17, 15) is 9.90 Å². The minimum absolute atomic E-state index is 0.158. The molecule has 0 aliphatic heterocycles. The molecule has 0 fully saturated rings. The zero-order valence-electron chi connectivity index (χ0n) is 10.7. The Bertz CT molecular complexity index is 577. The Morgan fingerprint density at radius 3 is 2.63 bits per heavy atom. The third kappa shape index (κ3) is 2.60. The van der Waals surface area contributed by atoms with Gasteiger partial charge in [-0.15, -0.1) is 0 Å². The minimum Gasteiger partial charge on any atom is -0.462 e. The zero-order valence-corrected chi connectivity index (χ0v) is 10.7. The monoisotopic (exact) mass is 262 g/mol. The smallest absolute Gasteiger partial charge is 0.341 e. The van der Waals surface area contributed by atoms with Crippen molar-refractivity contribution in [3.05, 3.63) is 29.8 Å². The van der Waals surface area contributed by atoms with E-state index in [1.54, 1.807) is 24.9 Å². The molecule has 2 aromatic rings. The molecule has 2 aromatic heterocycles. The van der Waals surface area contributed by atoms with Gasteiger partial charge in [0.2, 0.25) is 0 Å². The number of hydrogen-bond acceptors (Lipinski definition) is 6. The molecule has 0 aromatic carbocycles. The molecule has 2 rings (SSSR count). The molecule has 0 saturated heterocycles. The largest absolute Gasteiger partial charge is 0.462 e. The summed E-state index contributed by atoms with van der Waals surface area (Å²) in [6, 6.07) is 0. The van der Waals surface area contributed by atoms with Crippen LogP contribution < -0.4 is 0 Å². The van der Waals surface area contributed by atoms with Gasteiger partial charge in [0.15, 0.2) is 5.82 Å². The Labute approximate surface area is 109 Å². The number of carbonyl (C=O) groups excluding carboxylic acids is 1. The van der Waals surface area contributed by atoms with Gasteiger partial charge in [-0.25, -0.2) is 14.8 Å². The summed E-state index contributed by atoms with van der Waals surface area (Å²) in [5.41, 5.74) is 1.55. The van der Waals surface area contributed by atoms with E-state index in [1.165, 1.54) is 12.4 Å².